The Bertz CT molecular complexity index is 341. The maximum Gasteiger partial charge on any atom is 0.00683 e. The molecule has 0 aliphatic heterocycles. The summed E-state index contributed by atoms with van der Waals surface area (Å²) in [6.07, 6.45) is 6.43. The van der Waals surface area contributed by atoms with Gasteiger partial charge in [-0.15, -0.1) is 0 Å². The van der Waals surface area contributed by atoms with E-state index in [9.17, 15) is 0 Å². The number of benzene rings is 1. The van der Waals surface area contributed by atoms with Gasteiger partial charge in [0.1, 0.15) is 0 Å². The Balaban J connectivity index is 1.81. The lowest BCUT2D eigenvalue weighted by Crippen LogP contribution is -2.24. The van der Waals surface area contributed by atoms with Gasteiger partial charge in [-0.05, 0) is 49.3 Å². The monoisotopic (exact) mass is 231 g/mol. The van der Waals surface area contributed by atoms with Crippen LogP contribution in [0, 0.1) is 5.92 Å². The molecule has 0 bridgehead atoms. The third-order valence-electron chi connectivity index (χ3n) is 3.45. The van der Waals surface area contributed by atoms with Crippen LogP contribution in [-0.2, 0) is 12.8 Å². The third-order valence-corrected chi connectivity index (χ3v) is 3.45. The summed E-state index contributed by atoms with van der Waals surface area (Å²) in [5, 5.41) is 3.62. The molecule has 1 aliphatic carbocycles. The van der Waals surface area contributed by atoms with Gasteiger partial charge >= 0.3 is 0 Å². The van der Waals surface area contributed by atoms with Gasteiger partial charge < -0.3 is 5.32 Å². The first-order chi connectivity index (χ1) is 8.28. The van der Waals surface area contributed by atoms with Gasteiger partial charge in [0.05, 0.1) is 0 Å². The second kappa shape index (κ2) is 6.20. The molecule has 17 heavy (non-hydrogen) atoms. The van der Waals surface area contributed by atoms with Crippen LogP contribution in [-0.4, -0.2) is 12.6 Å². The zero-order valence-corrected chi connectivity index (χ0v) is 11.2. The fraction of sp³-hybridized carbons (Fsp3) is 0.625. The molecule has 1 aromatic rings. The fourth-order valence-corrected chi connectivity index (χ4v) is 2.33. The van der Waals surface area contributed by atoms with E-state index in [0.29, 0.717) is 0 Å². The first-order valence-corrected chi connectivity index (χ1v) is 7.09. The second-order valence-corrected chi connectivity index (χ2v) is 5.56. The van der Waals surface area contributed by atoms with Crippen LogP contribution in [0.25, 0.3) is 0 Å². The SMILES string of the molecule is CCCc1cccc(CC(C)CNC2CC2)c1. The van der Waals surface area contributed by atoms with Gasteiger partial charge in [0, 0.05) is 6.04 Å². The summed E-state index contributed by atoms with van der Waals surface area (Å²) in [6, 6.07) is 9.95. The van der Waals surface area contributed by atoms with Crippen molar-refractivity contribution in [3.8, 4) is 0 Å². The smallest absolute Gasteiger partial charge is 0.00683 e. The molecule has 94 valence electrons. The van der Waals surface area contributed by atoms with Gasteiger partial charge in [-0.3, -0.25) is 0 Å². The number of hydrogen-bond acceptors (Lipinski definition) is 1. The third kappa shape index (κ3) is 4.51. The Hall–Kier alpha value is -0.820. The van der Waals surface area contributed by atoms with Crippen molar-refractivity contribution in [3.05, 3.63) is 35.4 Å². The Labute approximate surface area is 106 Å². The van der Waals surface area contributed by atoms with Crippen molar-refractivity contribution in [3.63, 3.8) is 0 Å². The van der Waals surface area contributed by atoms with Crippen LogP contribution in [0.1, 0.15) is 44.2 Å². The van der Waals surface area contributed by atoms with Crippen molar-refractivity contribution in [1.29, 1.82) is 0 Å². The Morgan fingerprint density at radius 3 is 2.76 bits per heavy atom. The molecule has 1 aromatic carbocycles. The number of nitrogens with one attached hydrogen (secondary N) is 1. The van der Waals surface area contributed by atoms with Crippen LogP contribution in [0.3, 0.4) is 0 Å². The second-order valence-electron chi connectivity index (χ2n) is 5.56. The summed E-state index contributed by atoms with van der Waals surface area (Å²) in [6.45, 7) is 5.76. The van der Waals surface area contributed by atoms with Gasteiger partial charge in [-0.2, -0.15) is 0 Å². The van der Waals surface area contributed by atoms with Crippen molar-refractivity contribution in [2.75, 3.05) is 6.54 Å². The molecule has 2 rings (SSSR count). The molecule has 0 saturated heterocycles. The molecule has 0 spiro atoms. The van der Waals surface area contributed by atoms with Crippen LogP contribution in [0.15, 0.2) is 24.3 Å². The lowest BCUT2D eigenvalue weighted by Gasteiger charge is -2.13. The number of hydrogen-bond donors (Lipinski definition) is 1. The molecule has 1 heteroatoms. The van der Waals surface area contributed by atoms with E-state index in [4.69, 9.17) is 0 Å². The highest BCUT2D eigenvalue weighted by Gasteiger charge is 2.20. The first kappa shape index (κ1) is 12.6. The summed E-state index contributed by atoms with van der Waals surface area (Å²) < 4.78 is 0. The molecule has 1 fully saturated rings. The van der Waals surface area contributed by atoms with Crippen LogP contribution < -0.4 is 5.32 Å². The van der Waals surface area contributed by atoms with Crippen molar-refractivity contribution in [2.45, 2.75) is 52.0 Å². The number of rotatable bonds is 7. The molecule has 1 aliphatic rings. The first-order valence-electron chi connectivity index (χ1n) is 7.09. The van der Waals surface area contributed by atoms with Crippen LogP contribution in [0.4, 0.5) is 0 Å². The highest BCUT2D eigenvalue weighted by Crippen LogP contribution is 2.19. The largest absolute Gasteiger partial charge is 0.314 e. The van der Waals surface area contributed by atoms with E-state index in [1.807, 2.05) is 0 Å². The van der Waals surface area contributed by atoms with Crippen LogP contribution in [0.5, 0.6) is 0 Å². The molecule has 0 aromatic heterocycles. The Morgan fingerprint density at radius 1 is 1.29 bits per heavy atom. The molecule has 1 N–H and O–H groups in total. The average molecular weight is 231 g/mol. The fourth-order valence-electron chi connectivity index (χ4n) is 2.33. The molecule has 1 saturated carbocycles. The lowest BCUT2D eigenvalue weighted by atomic mass is 9.98. The van der Waals surface area contributed by atoms with E-state index < -0.39 is 0 Å². The minimum atomic E-state index is 0.743. The Morgan fingerprint density at radius 2 is 2.06 bits per heavy atom. The van der Waals surface area contributed by atoms with Crippen molar-refractivity contribution < 1.29 is 0 Å². The van der Waals surface area contributed by atoms with Crippen LogP contribution in [0.2, 0.25) is 0 Å². The van der Waals surface area contributed by atoms with Gasteiger partial charge in [-0.25, -0.2) is 0 Å². The van der Waals surface area contributed by atoms with E-state index in [2.05, 4.69) is 43.4 Å². The predicted octanol–water partition coefficient (Wildman–Crippen LogP) is 3.57. The van der Waals surface area contributed by atoms with E-state index in [1.165, 1.54) is 49.8 Å². The average Bonchev–Trinajstić information content (AvgIpc) is 3.11. The van der Waals surface area contributed by atoms with Crippen molar-refractivity contribution in [1.82, 2.24) is 5.32 Å². The zero-order chi connectivity index (χ0) is 12.1. The maximum atomic E-state index is 3.62. The van der Waals surface area contributed by atoms with Crippen molar-refractivity contribution in [2.24, 2.45) is 5.92 Å². The maximum absolute atomic E-state index is 3.62. The summed E-state index contributed by atoms with van der Waals surface area (Å²) in [5.41, 5.74) is 2.99. The molecule has 0 heterocycles. The molecule has 0 radical (unpaired) electrons. The molecule has 0 amide bonds. The Kier molecular flexibility index (Phi) is 4.61. The van der Waals surface area contributed by atoms with Crippen molar-refractivity contribution >= 4 is 0 Å². The topological polar surface area (TPSA) is 12.0 Å². The van der Waals surface area contributed by atoms with Gasteiger partial charge in [-0.1, -0.05) is 44.5 Å². The van der Waals surface area contributed by atoms with Gasteiger partial charge in [0.2, 0.25) is 0 Å². The lowest BCUT2D eigenvalue weighted by molar-refractivity contribution is 0.509. The quantitative estimate of drug-likeness (QED) is 0.756. The molecule has 1 atom stereocenters. The molecule has 1 unspecified atom stereocenters. The summed E-state index contributed by atoms with van der Waals surface area (Å²) >= 11 is 0. The highest BCUT2D eigenvalue weighted by atomic mass is 14.9. The summed E-state index contributed by atoms with van der Waals surface area (Å²) in [4.78, 5) is 0. The minimum Gasteiger partial charge on any atom is -0.314 e. The van der Waals surface area contributed by atoms with Gasteiger partial charge in [0.15, 0.2) is 0 Å². The zero-order valence-electron chi connectivity index (χ0n) is 11.2. The normalized spacial score (nSPS) is 17.1. The van der Waals surface area contributed by atoms with Crippen LogP contribution >= 0.6 is 0 Å². The van der Waals surface area contributed by atoms with E-state index in [1.54, 1.807) is 0 Å². The van der Waals surface area contributed by atoms with E-state index >= 15 is 0 Å². The van der Waals surface area contributed by atoms with Gasteiger partial charge in [0.25, 0.3) is 0 Å². The van der Waals surface area contributed by atoms with E-state index in [-0.39, 0.29) is 0 Å². The predicted molar refractivity (Wildman–Crippen MR) is 74.3 cm³/mol. The number of aryl methyl sites for hydroxylation is 1. The summed E-state index contributed by atoms with van der Waals surface area (Å²) in [7, 11) is 0. The minimum absolute atomic E-state index is 0.743. The van der Waals surface area contributed by atoms with E-state index in [0.717, 1.165) is 12.0 Å². The summed E-state index contributed by atoms with van der Waals surface area (Å²) in [5.74, 6) is 0.743. The highest BCUT2D eigenvalue weighted by molar-refractivity contribution is 5.24. The molecular weight excluding hydrogens is 206 g/mol. The molecular formula is C16H25N. The standard InChI is InChI=1S/C16H25N/c1-3-5-14-6-4-7-15(11-14)10-13(2)12-17-16-8-9-16/h4,6-7,11,13,16-17H,3,5,8-10,12H2,1-2H3. The molecule has 1 nitrogen and oxygen atoms in total.